The molecule has 0 radical (unpaired) electrons. The molecule has 0 bridgehead atoms. The molecule has 3 unspecified atom stereocenters. The highest BCUT2D eigenvalue weighted by molar-refractivity contribution is 7.89. The van der Waals surface area contributed by atoms with Gasteiger partial charge in [-0.25, -0.2) is 12.8 Å². The van der Waals surface area contributed by atoms with Gasteiger partial charge < -0.3 is 10.2 Å². The molecule has 1 amide bonds. The Bertz CT molecular complexity index is 776. The van der Waals surface area contributed by atoms with Crippen molar-refractivity contribution < 1.29 is 17.6 Å². The molecule has 1 heterocycles. The van der Waals surface area contributed by atoms with Gasteiger partial charge in [0.05, 0.1) is 11.4 Å². The molecule has 3 rings (SSSR count). The highest BCUT2D eigenvalue weighted by atomic mass is 32.2. The Hall–Kier alpha value is -1.51. The van der Waals surface area contributed by atoms with Gasteiger partial charge in [-0.1, -0.05) is 26.7 Å². The summed E-state index contributed by atoms with van der Waals surface area (Å²) < 4.78 is 39.7. The average Bonchev–Trinajstić information content (AvgIpc) is 2.69. The van der Waals surface area contributed by atoms with Crippen LogP contribution in [0.3, 0.4) is 0 Å². The molecule has 1 aromatic rings. The molecule has 3 atom stereocenters. The summed E-state index contributed by atoms with van der Waals surface area (Å²) in [5.74, 6) is 0.772. The lowest BCUT2D eigenvalue weighted by Gasteiger charge is -2.36. The molecule has 1 aliphatic heterocycles. The summed E-state index contributed by atoms with van der Waals surface area (Å²) in [7, 11) is -3.66. The van der Waals surface area contributed by atoms with E-state index in [1.807, 2.05) is 0 Å². The molecular weight excluding hydrogens is 381 g/mol. The van der Waals surface area contributed by atoms with Gasteiger partial charge in [-0.3, -0.25) is 4.79 Å². The lowest BCUT2D eigenvalue weighted by Crippen LogP contribution is -2.53. The second kappa shape index (κ2) is 8.88. The number of sulfonamides is 1. The third-order valence-corrected chi connectivity index (χ3v) is 8.18. The summed E-state index contributed by atoms with van der Waals surface area (Å²) in [6.45, 7) is 6.05. The first-order valence-corrected chi connectivity index (χ1v) is 11.5. The molecule has 2 aliphatic rings. The molecule has 1 N–H and O–H groups in total. The molecule has 1 saturated carbocycles. The number of carbonyl (C=O) groups excluding carboxylic acids is 1. The fourth-order valence-corrected chi connectivity index (χ4v) is 5.56. The maximum Gasteiger partial charge on any atom is 0.243 e. The highest BCUT2D eigenvalue weighted by Gasteiger charge is 2.31. The molecule has 0 aromatic heterocycles. The van der Waals surface area contributed by atoms with Crippen LogP contribution in [0.1, 0.15) is 33.1 Å². The van der Waals surface area contributed by atoms with Crippen molar-refractivity contribution in [2.75, 3.05) is 32.7 Å². The fourth-order valence-electron chi connectivity index (χ4n) is 4.13. The molecule has 156 valence electrons. The van der Waals surface area contributed by atoms with E-state index < -0.39 is 15.8 Å². The van der Waals surface area contributed by atoms with Crippen molar-refractivity contribution in [1.29, 1.82) is 0 Å². The van der Waals surface area contributed by atoms with E-state index in [9.17, 15) is 17.6 Å². The lowest BCUT2D eigenvalue weighted by atomic mass is 9.78. The normalized spacial score (nSPS) is 27.0. The summed E-state index contributed by atoms with van der Waals surface area (Å²) in [5.41, 5.74) is 0. The number of hydrogen-bond acceptors (Lipinski definition) is 4. The van der Waals surface area contributed by atoms with Crippen LogP contribution in [0.25, 0.3) is 0 Å². The Balaban J connectivity index is 1.50. The SMILES string of the molecule is CC1CCCC(NCC(=O)N2CCN(S(=O)(=O)c3ccc(F)cc3)CC2)C1C. The summed E-state index contributed by atoms with van der Waals surface area (Å²) in [5, 5.41) is 3.41. The summed E-state index contributed by atoms with van der Waals surface area (Å²) in [6, 6.07) is 5.21. The number of hydrogen-bond donors (Lipinski definition) is 1. The average molecular weight is 412 g/mol. The van der Waals surface area contributed by atoms with Crippen LogP contribution in [0.2, 0.25) is 0 Å². The Kier molecular flexibility index (Phi) is 6.73. The predicted molar refractivity (Wildman–Crippen MR) is 106 cm³/mol. The number of nitrogens with one attached hydrogen (secondary N) is 1. The molecule has 8 heteroatoms. The molecule has 1 aliphatic carbocycles. The van der Waals surface area contributed by atoms with Crippen LogP contribution in [0.4, 0.5) is 4.39 Å². The zero-order valence-electron chi connectivity index (χ0n) is 16.6. The minimum Gasteiger partial charge on any atom is -0.339 e. The highest BCUT2D eigenvalue weighted by Crippen LogP contribution is 2.29. The van der Waals surface area contributed by atoms with Gasteiger partial charge >= 0.3 is 0 Å². The van der Waals surface area contributed by atoms with Crippen LogP contribution < -0.4 is 5.32 Å². The van der Waals surface area contributed by atoms with Gasteiger partial charge in [0, 0.05) is 32.2 Å². The summed E-state index contributed by atoms with van der Waals surface area (Å²) in [6.07, 6.45) is 3.54. The topological polar surface area (TPSA) is 69.7 Å². The van der Waals surface area contributed by atoms with Crippen molar-refractivity contribution in [3.63, 3.8) is 0 Å². The van der Waals surface area contributed by atoms with Crippen molar-refractivity contribution in [2.24, 2.45) is 11.8 Å². The quantitative estimate of drug-likeness (QED) is 0.805. The van der Waals surface area contributed by atoms with Gasteiger partial charge in [0.1, 0.15) is 5.82 Å². The van der Waals surface area contributed by atoms with E-state index in [2.05, 4.69) is 19.2 Å². The number of halogens is 1. The second-order valence-corrected chi connectivity index (χ2v) is 9.93. The smallest absolute Gasteiger partial charge is 0.243 e. The molecule has 6 nitrogen and oxygen atoms in total. The van der Waals surface area contributed by atoms with E-state index in [-0.39, 0.29) is 23.9 Å². The Morgan fingerprint density at radius 1 is 1.11 bits per heavy atom. The standard InChI is InChI=1S/C20H30FN3O3S/c1-15-4-3-5-19(16(15)2)22-14-20(25)23-10-12-24(13-11-23)28(26,27)18-8-6-17(21)7-9-18/h6-9,15-16,19,22H,3-5,10-14H2,1-2H3. The van der Waals surface area contributed by atoms with E-state index in [0.717, 1.165) is 18.6 Å². The van der Waals surface area contributed by atoms with Gasteiger partial charge in [-0.15, -0.1) is 0 Å². The van der Waals surface area contributed by atoms with Crippen LogP contribution in [-0.2, 0) is 14.8 Å². The lowest BCUT2D eigenvalue weighted by molar-refractivity contribution is -0.131. The second-order valence-electron chi connectivity index (χ2n) is 7.99. The van der Waals surface area contributed by atoms with E-state index in [4.69, 9.17) is 0 Å². The number of amides is 1. The van der Waals surface area contributed by atoms with Gasteiger partial charge in [-0.2, -0.15) is 4.31 Å². The first-order chi connectivity index (χ1) is 13.3. The number of piperazine rings is 1. The minimum atomic E-state index is -3.66. The van der Waals surface area contributed by atoms with Crippen LogP contribution in [-0.4, -0.2) is 62.3 Å². The largest absolute Gasteiger partial charge is 0.339 e. The van der Waals surface area contributed by atoms with Crippen molar-refractivity contribution in [3.05, 3.63) is 30.1 Å². The van der Waals surface area contributed by atoms with Crippen molar-refractivity contribution in [3.8, 4) is 0 Å². The van der Waals surface area contributed by atoms with Gasteiger partial charge in [0.15, 0.2) is 0 Å². The third-order valence-electron chi connectivity index (χ3n) is 6.27. The predicted octanol–water partition coefficient (Wildman–Crippen LogP) is 2.07. The number of benzene rings is 1. The molecule has 1 aromatic carbocycles. The van der Waals surface area contributed by atoms with Crippen LogP contribution in [0, 0.1) is 17.7 Å². The summed E-state index contributed by atoms with van der Waals surface area (Å²) >= 11 is 0. The van der Waals surface area contributed by atoms with Crippen LogP contribution >= 0.6 is 0 Å². The van der Waals surface area contributed by atoms with Crippen molar-refractivity contribution in [2.45, 2.75) is 44.0 Å². The van der Waals surface area contributed by atoms with Gasteiger partial charge in [0.2, 0.25) is 15.9 Å². The first-order valence-electron chi connectivity index (χ1n) is 10.1. The number of nitrogens with zero attached hydrogens (tertiary/aromatic N) is 2. The van der Waals surface area contributed by atoms with Crippen molar-refractivity contribution >= 4 is 15.9 Å². The zero-order valence-corrected chi connectivity index (χ0v) is 17.4. The third kappa shape index (κ3) is 4.72. The first kappa shape index (κ1) is 21.2. The monoisotopic (exact) mass is 411 g/mol. The molecule has 2 fully saturated rings. The van der Waals surface area contributed by atoms with E-state index in [1.54, 1.807) is 4.90 Å². The van der Waals surface area contributed by atoms with Crippen molar-refractivity contribution in [1.82, 2.24) is 14.5 Å². The van der Waals surface area contributed by atoms with Crippen LogP contribution in [0.15, 0.2) is 29.2 Å². The fraction of sp³-hybridized carbons (Fsp3) is 0.650. The Morgan fingerprint density at radius 3 is 2.39 bits per heavy atom. The minimum absolute atomic E-state index is 0.0178. The van der Waals surface area contributed by atoms with Crippen LogP contribution in [0.5, 0.6) is 0 Å². The summed E-state index contributed by atoms with van der Waals surface area (Å²) in [4.78, 5) is 14.3. The van der Waals surface area contributed by atoms with Gasteiger partial charge in [0.25, 0.3) is 0 Å². The Morgan fingerprint density at radius 2 is 1.75 bits per heavy atom. The maximum absolute atomic E-state index is 13.1. The maximum atomic E-state index is 13.1. The number of rotatable bonds is 5. The molecule has 1 saturated heterocycles. The Labute approximate surface area is 167 Å². The molecule has 0 spiro atoms. The van der Waals surface area contributed by atoms with E-state index in [0.29, 0.717) is 37.5 Å². The number of carbonyl (C=O) groups is 1. The molecular formula is C20H30FN3O3S. The van der Waals surface area contributed by atoms with E-state index >= 15 is 0 Å². The molecule has 28 heavy (non-hydrogen) atoms. The zero-order chi connectivity index (χ0) is 20.3. The van der Waals surface area contributed by atoms with Gasteiger partial charge in [-0.05, 0) is 42.5 Å². The van der Waals surface area contributed by atoms with E-state index in [1.165, 1.54) is 29.3 Å².